The van der Waals surface area contributed by atoms with Crippen LogP contribution in [0.3, 0.4) is 0 Å². The van der Waals surface area contributed by atoms with Crippen molar-refractivity contribution in [1.29, 1.82) is 0 Å². The van der Waals surface area contributed by atoms with E-state index in [4.69, 9.17) is 9.47 Å². The maximum Gasteiger partial charge on any atom is 0.162 e. The summed E-state index contributed by atoms with van der Waals surface area (Å²) in [6.07, 6.45) is 3.44. The molecule has 35 heavy (non-hydrogen) atoms. The molecule has 0 unspecified atom stereocenters. The summed E-state index contributed by atoms with van der Waals surface area (Å²) in [7, 11) is 1.72. The van der Waals surface area contributed by atoms with Crippen LogP contribution in [0, 0.1) is 10.8 Å². The minimum atomic E-state index is -0.374. The van der Waals surface area contributed by atoms with Crippen LogP contribution in [-0.4, -0.2) is 42.8 Å². The largest absolute Gasteiger partial charge is 0.491 e. The van der Waals surface area contributed by atoms with Crippen molar-refractivity contribution in [1.82, 2.24) is 4.90 Å². The minimum absolute atomic E-state index is 0.00540. The smallest absolute Gasteiger partial charge is 0.162 e. The van der Waals surface area contributed by atoms with Gasteiger partial charge in [0.2, 0.25) is 0 Å². The quantitative estimate of drug-likeness (QED) is 0.436. The summed E-state index contributed by atoms with van der Waals surface area (Å²) in [5.74, 6) is 0.693. The highest BCUT2D eigenvalue weighted by Crippen LogP contribution is 2.55. The third-order valence-corrected chi connectivity index (χ3v) is 7.34. The van der Waals surface area contributed by atoms with Gasteiger partial charge in [-0.05, 0) is 50.0 Å². The first-order valence-corrected chi connectivity index (χ1v) is 13.0. The van der Waals surface area contributed by atoms with Crippen LogP contribution in [0.1, 0.15) is 85.1 Å². The zero-order chi connectivity index (χ0) is 25.5. The zero-order valence-corrected chi connectivity index (χ0v) is 22.5. The summed E-state index contributed by atoms with van der Waals surface area (Å²) in [5, 5.41) is 0. The number of carbonyl (C=O) groups is 2. The third kappa shape index (κ3) is 5.11. The standard InChI is InChI=1S/C30H41NO4/c1-19(2)35-25-12-9-8-11-20(25)26-27-21(15-29(3,4)17-23(27)32)31(13-10-14-34-7)22-16-30(5,6)18-24(33)28(22)26/h8-9,11-12,19,26H,10,13-18H2,1-7H3. The molecule has 5 nitrogen and oxygen atoms in total. The Bertz CT molecular complexity index is 1020. The predicted molar refractivity (Wildman–Crippen MR) is 138 cm³/mol. The fraction of sp³-hybridized carbons (Fsp3) is 0.600. The van der Waals surface area contributed by atoms with E-state index in [-0.39, 0.29) is 34.4 Å². The number of rotatable bonds is 7. The molecule has 0 fully saturated rings. The SMILES string of the molecule is COCCCN1C2=C(C(=O)CC(C)(C)C2)C(c2ccccc2OC(C)C)C2=C1CC(C)(C)CC2=O. The van der Waals surface area contributed by atoms with E-state index in [0.717, 1.165) is 59.7 Å². The summed E-state index contributed by atoms with van der Waals surface area (Å²) in [6.45, 7) is 14.1. The van der Waals surface area contributed by atoms with Crippen molar-refractivity contribution in [3.63, 3.8) is 0 Å². The van der Waals surface area contributed by atoms with E-state index in [1.165, 1.54) is 0 Å². The van der Waals surface area contributed by atoms with Gasteiger partial charge in [-0.2, -0.15) is 0 Å². The second-order valence-corrected chi connectivity index (χ2v) is 12.2. The van der Waals surface area contributed by atoms with E-state index in [9.17, 15) is 9.59 Å². The van der Waals surface area contributed by atoms with Gasteiger partial charge in [0.1, 0.15) is 5.75 Å². The number of methoxy groups -OCH3 is 1. The van der Waals surface area contributed by atoms with Gasteiger partial charge >= 0.3 is 0 Å². The van der Waals surface area contributed by atoms with Gasteiger partial charge in [-0.3, -0.25) is 9.59 Å². The molecular weight excluding hydrogens is 438 g/mol. The van der Waals surface area contributed by atoms with Crippen LogP contribution in [0.25, 0.3) is 0 Å². The van der Waals surface area contributed by atoms with Gasteiger partial charge < -0.3 is 14.4 Å². The van der Waals surface area contributed by atoms with Crippen LogP contribution < -0.4 is 4.74 Å². The third-order valence-electron chi connectivity index (χ3n) is 7.34. The Morgan fingerprint density at radius 3 is 1.97 bits per heavy atom. The average molecular weight is 480 g/mol. The molecule has 190 valence electrons. The van der Waals surface area contributed by atoms with E-state index < -0.39 is 0 Å². The molecule has 1 aromatic rings. The Labute approximate surface area is 210 Å². The van der Waals surface area contributed by atoms with Crippen molar-refractivity contribution in [3.05, 3.63) is 52.4 Å². The number of ether oxygens (including phenoxy) is 2. The summed E-state index contributed by atoms with van der Waals surface area (Å²) < 4.78 is 11.6. The molecule has 1 heterocycles. The maximum absolute atomic E-state index is 13.9. The number of nitrogens with zero attached hydrogens (tertiary/aromatic N) is 1. The first-order valence-electron chi connectivity index (χ1n) is 13.0. The number of para-hydroxylation sites is 1. The predicted octanol–water partition coefficient (Wildman–Crippen LogP) is 6.20. The lowest BCUT2D eigenvalue weighted by molar-refractivity contribution is -0.119. The monoisotopic (exact) mass is 479 g/mol. The number of benzene rings is 1. The molecular formula is C30H41NO4. The number of ketones is 2. The van der Waals surface area contributed by atoms with E-state index in [0.29, 0.717) is 19.4 Å². The molecule has 0 amide bonds. The average Bonchev–Trinajstić information content (AvgIpc) is 2.72. The second-order valence-electron chi connectivity index (χ2n) is 12.2. The lowest BCUT2D eigenvalue weighted by Crippen LogP contribution is -2.45. The Morgan fingerprint density at radius 2 is 1.46 bits per heavy atom. The van der Waals surface area contributed by atoms with Crippen molar-refractivity contribution >= 4 is 11.6 Å². The van der Waals surface area contributed by atoms with Crippen LogP contribution in [-0.2, 0) is 14.3 Å². The first kappa shape index (κ1) is 25.7. The Hall–Kier alpha value is -2.40. The summed E-state index contributed by atoms with van der Waals surface area (Å²) in [5.41, 5.74) is 4.47. The van der Waals surface area contributed by atoms with Crippen LogP contribution in [0.4, 0.5) is 0 Å². The van der Waals surface area contributed by atoms with Crippen molar-refractivity contribution in [2.75, 3.05) is 20.3 Å². The fourth-order valence-electron chi connectivity index (χ4n) is 6.08. The molecule has 0 aromatic heterocycles. The summed E-state index contributed by atoms with van der Waals surface area (Å²) >= 11 is 0. The van der Waals surface area contributed by atoms with Crippen molar-refractivity contribution in [2.45, 2.75) is 85.7 Å². The van der Waals surface area contributed by atoms with Crippen LogP contribution in [0.15, 0.2) is 46.8 Å². The van der Waals surface area contributed by atoms with Crippen molar-refractivity contribution in [3.8, 4) is 5.75 Å². The highest BCUT2D eigenvalue weighted by Gasteiger charge is 2.49. The van der Waals surface area contributed by atoms with Crippen LogP contribution in [0.2, 0.25) is 0 Å². The molecule has 0 bridgehead atoms. The normalized spacial score (nSPS) is 22.0. The molecule has 0 saturated heterocycles. The molecule has 0 N–H and O–H groups in total. The van der Waals surface area contributed by atoms with Crippen LogP contribution >= 0.6 is 0 Å². The Kier molecular flexibility index (Phi) is 7.02. The molecule has 1 aliphatic heterocycles. The van der Waals surface area contributed by atoms with Crippen molar-refractivity contribution in [2.24, 2.45) is 10.8 Å². The van der Waals surface area contributed by atoms with Gasteiger partial charge in [0.05, 0.1) is 6.10 Å². The van der Waals surface area contributed by atoms with E-state index in [1.807, 2.05) is 38.1 Å². The Balaban J connectivity index is 1.97. The molecule has 3 aliphatic rings. The zero-order valence-electron chi connectivity index (χ0n) is 22.5. The minimum Gasteiger partial charge on any atom is -0.491 e. The summed E-state index contributed by atoms with van der Waals surface area (Å²) in [4.78, 5) is 30.0. The molecule has 4 rings (SSSR count). The lowest BCUT2D eigenvalue weighted by Gasteiger charge is -2.49. The van der Waals surface area contributed by atoms with Gasteiger partial charge in [-0.25, -0.2) is 0 Å². The number of hydrogen-bond donors (Lipinski definition) is 0. The topological polar surface area (TPSA) is 55.8 Å². The lowest BCUT2D eigenvalue weighted by atomic mass is 9.63. The van der Waals surface area contributed by atoms with Gasteiger partial charge in [0.25, 0.3) is 0 Å². The van der Waals surface area contributed by atoms with E-state index >= 15 is 0 Å². The van der Waals surface area contributed by atoms with Gasteiger partial charge in [0.15, 0.2) is 11.6 Å². The fourth-order valence-corrected chi connectivity index (χ4v) is 6.08. The van der Waals surface area contributed by atoms with Crippen molar-refractivity contribution < 1.29 is 19.1 Å². The van der Waals surface area contributed by atoms with E-state index in [1.54, 1.807) is 7.11 Å². The molecule has 5 heteroatoms. The first-order chi connectivity index (χ1) is 16.4. The van der Waals surface area contributed by atoms with E-state index in [2.05, 4.69) is 32.6 Å². The number of carbonyl (C=O) groups excluding carboxylic acids is 2. The number of allylic oxidation sites excluding steroid dienone is 4. The molecule has 0 spiro atoms. The molecule has 0 radical (unpaired) electrons. The number of Topliss-reactive ketones (excluding diaryl/α,β-unsaturated/α-hetero) is 2. The molecule has 0 saturated carbocycles. The van der Waals surface area contributed by atoms with Crippen LogP contribution in [0.5, 0.6) is 5.75 Å². The second kappa shape index (κ2) is 9.57. The Morgan fingerprint density at radius 1 is 0.914 bits per heavy atom. The summed E-state index contributed by atoms with van der Waals surface area (Å²) in [6, 6.07) is 7.96. The number of hydrogen-bond acceptors (Lipinski definition) is 5. The highest BCUT2D eigenvalue weighted by molar-refractivity contribution is 6.07. The van der Waals surface area contributed by atoms with Gasteiger partial charge in [-0.15, -0.1) is 0 Å². The maximum atomic E-state index is 13.9. The molecule has 1 aromatic carbocycles. The highest BCUT2D eigenvalue weighted by atomic mass is 16.5. The molecule has 0 atom stereocenters. The van der Waals surface area contributed by atoms with Gasteiger partial charge in [-0.1, -0.05) is 45.9 Å². The molecule has 2 aliphatic carbocycles. The van der Waals surface area contributed by atoms with Gasteiger partial charge in [0, 0.05) is 67.1 Å².